The third-order valence-corrected chi connectivity index (χ3v) is 8.74. The molecule has 1 fully saturated rings. The van der Waals surface area contributed by atoms with E-state index in [4.69, 9.17) is 34.6 Å². The Balaban J connectivity index is 1.32. The van der Waals surface area contributed by atoms with Crippen LogP contribution in [0.1, 0.15) is 53.1 Å². The predicted molar refractivity (Wildman–Crippen MR) is 148 cm³/mol. The molecule has 3 heterocycles. The number of carboxylic acid groups (broad SMARTS) is 2. The Morgan fingerprint density at radius 1 is 1.21 bits per heavy atom. The number of benzene rings is 1. The zero-order valence-electron chi connectivity index (χ0n) is 22.9. The summed E-state index contributed by atoms with van der Waals surface area (Å²) in [6, 6.07) is -0.729. The smallest absolute Gasteiger partial charge is 0.347 e. The first kappa shape index (κ1) is 30.3. The van der Waals surface area contributed by atoms with Crippen LogP contribution in [0.25, 0.3) is 11.0 Å². The fourth-order valence-corrected chi connectivity index (χ4v) is 6.65. The van der Waals surface area contributed by atoms with Gasteiger partial charge in [-0.1, -0.05) is 0 Å². The van der Waals surface area contributed by atoms with Crippen molar-refractivity contribution in [2.45, 2.75) is 61.8 Å². The van der Waals surface area contributed by atoms with Crippen LogP contribution in [0.2, 0.25) is 0 Å². The minimum Gasteiger partial charge on any atom is -0.496 e. The van der Waals surface area contributed by atoms with Gasteiger partial charge in [0.1, 0.15) is 46.7 Å². The molecule has 1 saturated heterocycles. The number of fused-ring (bicyclic) bond motifs is 7. The number of nitrogens with two attached hydrogens (primary N) is 1. The van der Waals surface area contributed by atoms with Crippen LogP contribution in [0.15, 0.2) is 15.3 Å². The van der Waals surface area contributed by atoms with Crippen molar-refractivity contribution in [3.8, 4) is 11.5 Å². The van der Waals surface area contributed by atoms with Gasteiger partial charge in [-0.25, -0.2) is 4.79 Å². The van der Waals surface area contributed by atoms with Crippen LogP contribution in [0.4, 0.5) is 0 Å². The maximum Gasteiger partial charge on any atom is 0.347 e. The van der Waals surface area contributed by atoms with Gasteiger partial charge in [0.2, 0.25) is 18.1 Å². The van der Waals surface area contributed by atoms with Gasteiger partial charge >= 0.3 is 17.6 Å². The van der Waals surface area contributed by atoms with Crippen molar-refractivity contribution < 1.29 is 52.8 Å². The van der Waals surface area contributed by atoms with Crippen molar-refractivity contribution in [3.05, 3.63) is 33.2 Å². The van der Waals surface area contributed by atoms with E-state index in [0.717, 1.165) is 0 Å². The lowest BCUT2D eigenvalue weighted by Crippen LogP contribution is -2.49. The monoisotopic (exact) mass is 619 g/mol. The summed E-state index contributed by atoms with van der Waals surface area (Å²) in [6.07, 6.45) is -0.186. The number of thioether (sulfide) groups is 1. The summed E-state index contributed by atoms with van der Waals surface area (Å²) in [7, 11) is 1.47. The van der Waals surface area contributed by atoms with Crippen molar-refractivity contribution >= 4 is 52.3 Å². The molecule has 16 heteroatoms. The van der Waals surface area contributed by atoms with Gasteiger partial charge in [0.15, 0.2) is 5.78 Å². The molecule has 5 atom stereocenters. The molecule has 0 saturated carbocycles. The summed E-state index contributed by atoms with van der Waals surface area (Å²) in [5, 5.41) is 23.1. The van der Waals surface area contributed by atoms with E-state index < -0.39 is 59.7 Å². The molecular formula is C27H29N3O12S. The first-order valence-electron chi connectivity index (χ1n) is 13.4. The molecule has 1 aliphatic carbocycles. The largest absolute Gasteiger partial charge is 0.496 e. The molecule has 1 aromatic carbocycles. The van der Waals surface area contributed by atoms with Gasteiger partial charge < -0.3 is 45.2 Å². The first-order valence-corrected chi connectivity index (χ1v) is 14.5. The van der Waals surface area contributed by atoms with Crippen LogP contribution < -0.4 is 31.5 Å². The zero-order chi connectivity index (χ0) is 31.0. The lowest BCUT2D eigenvalue weighted by Gasteiger charge is -2.20. The van der Waals surface area contributed by atoms with Gasteiger partial charge in [-0.2, -0.15) is 0 Å². The van der Waals surface area contributed by atoms with Crippen molar-refractivity contribution in [2.75, 3.05) is 19.4 Å². The van der Waals surface area contributed by atoms with Crippen LogP contribution in [0, 0.1) is 0 Å². The van der Waals surface area contributed by atoms with Gasteiger partial charge in [-0.3, -0.25) is 24.0 Å². The maximum atomic E-state index is 12.8. The molecule has 2 aromatic rings. The molecule has 15 nitrogen and oxygen atoms in total. The number of aryl methyl sites for hydroxylation is 1. The van der Waals surface area contributed by atoms with Crippen molar-refractivity contribution in [2.24, 2.45) is 5.73 Å². The number of carboxylic acids is 2. The molecule has 0 bridgehead atoms. The highest BCUT2D eigenvalue weighted by Crippen LogP contribution is 2.53. The molecular weight excluding hydrogens is 590 g/mol. The van der Waals surface area contributed by atoms with E-state index in [0.29, 0.717) is 40.9 Å². The average Bonchev–Trinajstić information content (AvgIpc) is 3.64. The van der Waals surface area contributed by atoms with Crippen LogP contribution >= 0.6 is 11.8 Å². The Labute approximate surface area is 247 Å². The van der Waals surface area contributed by atoms with Crippen molar-refractivity contribution in [1.82, 2.24) is 10.6 Å². The number of Topliss-reactive ketones (excluding diaryl/α,β-unsaturated/α-hetero) is 1. The van der Waals surface area contributed by atoms with E-state index in [1.165, 1.54) is 18.9 Å². The van der Waals surface area contributed by atoms with Gasteiger partial charge in [0.05, 0.1) is 18.4 Å². The van der Waals surface area contributed by atoms with Crippen molar-refractivity contribution in [3.63, 3.8) is 0 Å². The van der Waals surface area contributed by atoms with Gasteiger partial charge in [-0.15, -0.1) is 11.8 Å². The van der Waals surface area contributed by atoms with Crippen molar-refractivity contribution in [1.29, 1.82) is 0 Å². The number of rotatable bonds is 12. The van der Waals surface area contributed by atoms with Crippen LogP contribution in [0.5, 0.6) is 11.5 Å². The first-order chi connectivity index (χ1) is 20.5. The molecule has 1 aromatic heterocycles. The number of aliphatic carboxylic acids is 2. The van der Waals surface area contributed by atoms with E-state index in [1.807, 2.05) is 0 Å². The molecule has 2 aliphatic heterocycles. The lowest BCUT2D eigenvalue weighted by molar-refractivity contribution is -0.139. The van der Waals surface area contributed by atoms with E-state index in [2.05, 4.69) is 10.6 Å². The Hall–Kier alpha value is -4.15. The van der Waals surface area contributed by atoms with E-state index in [9.17, 15) is 28.8 Å². The van der Waals surface area contributed by atoms with Gasteiger partial charge in [0, 0.05) is 30.2 Å². The highest BCUT2D eigenvalue weighted by atomic mass is 32.2. The molecule has 0 radical (unpaired) electrons. The number of amides is 2. The van der Waals surface area contributed by atoms with E-state index >= 15 is 0 Å². The molecule has 0 unspecified atom stereocenters. The van der Waals surface area contributed by atoms with E-state index in [-0.39, 0.29) is 47.9 Å². The van der Waals surface area contributed by atoms with E-state index in [1.54, 1.807) is 6.07 Å². The Morgan fingerprint density at radius 2 is 1.98 bits per heavy atom. The molecule has 2 amide bonds. The second-order valence-corrected chi connectivity index (χ2v) is 11.5. The normalized spacial score (nSPS) is 21.3. The average molecular weight is 620 g/mol. The number of hydrogen-bond donors (Lipinski definition) is 5. The summed E-state index contributed by atoms with van der Waals surface area (Å²) in [5.41, 5.74) is 5.71. The number of ether oxygens (including phenoxy) is 3. The summed E-state index contributed by atoms with van der Waals surface area (Å²) < 4.78 is 23.3. The standard InChI is InChI=1S/C27H29N3O12S/c1-39-15-7-16-22(23-21(15)10-2-4-14(31)20(10)26(38)42-23)11-6-19(41-27(11)40-16)43-9-13(24(35)29-8-18(33)34)30-17(32)5-3-12(28)25(36)37/h7,11-13,19,27H,2-6,8-9,28H2,1H3,(H,29,35)(H,30,32)(H,33,34)(H,36,37)/t11-,12-,13-,19-,27-/m0/s1. The number of hydrogen-bond acceptors (Lipinski definition) is 12. The summed E-state index contributed by atoms with van der Waals surface area (Å²) in [6.45, 7) is -0.661. The Kier molecular flexibility index (Phi) is 8.62. The number of methoxy groups -OCH3 is 1. The molecule has 230 valence electrons. The van der Waals surface area contributed by atoms with Crippen LogP contribution in [0.3, 0.4) is 0 Å². The number of carbonyl (C=O) groups excluding carboxylic acids is 3. The Morgan fingerprint density at radius 3 is 2.67 bits per heavy atom. The highest BCUT2D eigenvalue weighted by molar-refractivity contribution is 7.99. The predicted octanol–water partition coefficient (Wildman–Crippen LogP) is 0.0899. The van der Waals surface area contributed by atoms with Gasteiger partial charge in [0.25, 0.3) is 0 Å². The van der Waals surface area contributed by atoms with Gasteiger partial charge in [-0.05, 0) is 24.8 Å². The fraction of sp³-hybridized carbons (Fsp3) is 0.481. The number of carbonyl (C=O) groups is 5. The maximum absolute atomic E-state index is 12.8. The topological polar surface area (TPSA) is 234 Å². The molecule has 3 aliphatic rings. The lowest BCUT2D eigenvalue weighted by atomic mass is 9.94. The third kappa shape index (κ3) is 6.03. The molecule has 5 rings (SSSR count). The second kappa shape index (κ2) is 12.2. The molecule has 43 heavy (non-hydrogen) atoms. The quantitative estimate of drug-likeness (QED) is 0.198. The summed E-state index contributed by atoms with van der Waals surface area (Å²) in [4.78, 5) is 72.1. The minimum atomic E-state index is -1.27. The molecule has 0 spiro atoms. The minimum absolute atomic E-state index is 0.00674. The van der Waals surface area contributed by atoms with Crippen LogP contribution in [-0.4, -0.2) is 83.0 Å². The fourth-order valence-electron chi connectivity index (χ4n) is 5.48. The Bertz CT molecular complexity index is 1570. The highest BCUT2D eigenvalue weighted by Gasteiger charge is 2.47. The zero-order valence-corrected chi connectivity index (χ0v) is 23.7. The second-order valence-electron chi connectivity index (χ2n) is 10.3. The third-order valence-electron chi connectivity index (χ3n) is 7.54. The SMILES string of the molecule is COc1cc2c(c3oc(=O)c4c(c13)CCC4=O)[C@@H]1C[C@H](SC[C@H](NC(=O)CC[C@H](N)C(=O)O)C(=O)NCC(=O)O)O[C@@H]1O2. The molecule has 6 N–H and O–H groups in total. The summed E-state index contributed by atoms with van der Waals surface area (Å²) in [5.74, 6) is -3.72. The number of nitrogens with one attached hydrogen (secondary N) is 2. The summed E-state index contributed by atoms with van der Waals surface area (Å²) >= 11 is 1.19. The number of ketones is 1. The van der Waals surface area contributed by atoms with Crippen LogP contribution in [-0.2, 0) is 30.3 Å².